The Labute approximate surface area is 184 Å². The van der Waals surface area contributed by atoms with E-state index in [2.05, 4.69) is 0 Å². The summed E-state index contributed by atoms with van der Waals surface area (Å²) in [5.74, 6) is 0.317. The van der Waals surface area contributed by atoms with Crippen molar-refractivity contribution in [1.82, 2.24) is 0 Å². The molecule has 0 saturated heterocycles. The second kappa shape index (κ2) is 8.06. The summed E-state index contributed by atoms with van der Waals surface area (Å²) >= 11 is 7.33. The first-order chi connectivity index (χ1) is 14.4. The molecule has 0 unspecified atom stereocenters. The molecule has 3 aromatic rings. The lowest BCUT2D eigenvalue weighted by atomic mass is 10.1. The lowest BCUT2D eigenvalue weighted by Crippen LogP contribution is -2.30. The van der Waals surface area contributed by atoms with Crippen LogP contribution in [0.5, 0.6) is 5.75 Å². The van der Waals surface area contributed by atoms with Gasteiger partial charge in [0.2, 0.25) is 0 Å². The second-order valence-corrected chi connectivity index (χ2v) is 10.3. The van der Waals surface area contributed by atoms with Crippen LogP contribution in [0.2, 0.25) is 5.02 Å². The normalized spacial score (nSPS) is 14.0. The first-order valence-corrected chi connectivity index (χ1v) is 12.4. The molecule has 0 radical (unpaired) electrons. The van der Waals surface area contributed by atoms with Crippen molar-refractivity contribution in [2.75, 3.05) is 18.1 Å². The summed E-state index contributed by atoms with van der Waals surface area (Å²) in [7, 11) is -3.51. The van der Waals surface area contributed by atoms with E-state index < -0.39 is 9.84 Å². The lowest BCUT2D eigenvalue weighted by molar-refractivity contribution is 0.0991. The number of fused-ring (bicyclic) bond motifs is 3. The van der Waals surface area contributed by atoms with Gasteiger partial charge in [0.25, 0.3) is 5.91 Å². The van der Waals surface area contributed by atoms with Gasteiger partial charge >= 0.3 is 0 Å². The molecule has 0 fully saturated rings. The smallest absolute Gasteiger partial charge is 0.268 e. The van der Waals surface area contributed by atoms with Crippen LogP contribution in [0.3, 0.4) is 0 Å². The van der Waals surface area contributed by atoms with Gasteiger partial charge < -0.3 is 9.64 Å². The zero-order chi connectivity index (χ0) is 21.5. The van der Waals surface area contributed by atoms with Crippen LogP contribution in [0.25, 0.3) is 10.4 Å². The van der Waals surface area contributed by atoms with Crippen molar-refractivity contribution >= 4 is 44.4 Å². The van der Waals surface area contributed by atoms with Crippen molar-refractivity contribution in [1.29, 1.82) is 0 Å². The number of nitrogens with zero attached hydrogens (tertiary/aromatic N) is 1. The number of benzene rings is 2. The highest BCUT2D eigenvalue weighted by molar-refractivity contribution is 7.91. The zero-order valence-electron chi connectivity index (χ0n) is 16.5. The molecular weight excluding hydrogens is 442 g/mol. The Morgan fingerprint density at radius 2 is 1.93 bits per heavy atom. The van der Waals surface area contributed by atoms with Crippen LogP contribution in [-0.2, 0) is 15.6 Å². The van der Waals surface area contributed by atoms with Gasteiger partial charge in [-0.05, 0) is 49.7 Å². The number of rotatable bonds is 5. The van der Waals surface area contributed by atoms with Crippen LogP contribution < -0.4 is 9.64 Å². The molecule has 1 aromatic heterocycles. The largest absolute Gasteiger partial charge is 0.492 e. The molecule has 0 saturated carbocycles. The van der Waals surface area contributed by atoms with Crippen LogP contribution in [-0.4, -0.2) is 27.5 Å². The molecule has 1 amide bonds. The van der Waals surface area contributed by atoms with E-state index in [0.29, 0.717) is 45.6 Å². The van der Waals surface area contributed by atoms with Gasteiger partial charge in [-0.25, -0.2) is 8.42 Å². The van der Waals surface area contributed by atoms with Gasteiger partial charge in [0.05, 0.1) is 27.8 Å². The minimum absolute atomic E-state index is 0.138. The van der Waals surface area contributed by atoms with Crippen molar-refractivity contribution in [2.45, 2.75) is 24.5 Å². The number of hydrogen-bond acceptors (Lipinski definition) is 5. The summed E-state index contributed by atoms with van der Waals surface area (Å²) in [5.41, 5.74) is 1.94. The number of carbonyl (C=O) groups excluding carboxylic acids is 1. The molecule has 30 heavy (non-hydrogen) atoms. The van der Waals surface area contributed by atoms with Gasteiger partial charge in [-0.3, -0.25) is 4.79 Å². The van der Waals surface area contributed by atoms with Crippen LogP contribution in [0.15, 0.2) is 53.4 Å². The van der Waals surface area contributed by atoms with Gasteiger partial charge in [-0.15, -0.1) is 11.3 Å². The maximum atomic E-state index is 13.4. The lowest BCUT2D eigenvalue weighted by Gasteiger charge is -2.23. The number of thiophene rings is 1. The molecule has 8 heteroatoms. The molecule has 2 heterocycles. The highest BCUT2D eigenvalue weighted by atomic mass is 35.5. The number of anilines is 1. The molecule has 0 atom stereocenters. The molecule has 1 aliphatic rings. The van der Waals surface area contributed by atoms with E-state index in [1.165, 1.54) is 17.4 Å². The van der Waals surface area contributed by atoms with Crippen LogP contribution in [0.4, 0.5) is 5.69 Å². The summed E-state index contributed by atoms with van der Waals surface area (Å²) < 4.78 is 31.1. The fourth-order valence-corrected chi connectivity index (χ4v) is 6.77. The highest BCUT2D eigenvalue weighted by Crippen LogP contribution is 2.44. The minimum atomic E-state index is -3.51. The van der Waals surface area contributed by atoms with Crippen molar-refractivity contribution in [2.24, 2.45) is 0 Å². The number of amides is 1. The number of sulfone groups is 1. The number of halogens is 1. The molecule has 0 bridgehead atoms. The Hall–Kier alpha value is -2.35. The van der Waals surface area contributed by atoms with Crippen molar-refractivity contribution in [3.63, 3.8) is 0 Å². The third-order valence-electron chi connectivity index (χ3n) is 4.91. The van der Waals surface area contributed by atoms with E-state index in [1.54, 1.807) is 23.1 Å². The highest BCUT2D eigenvalue weighted by Gasteiger charge is 2.32. The monoisotopic (exact) mass is 461 g/mol. The topological polar surface area (TPSA) is 63.7 Å². The fraction of sp³-hybridized carbons (Fsp3) is 0.227. The molecule has 156 valence electrons. The Balaban J connectivity index is 1.77. The molecule has 1 aliphatic heterocycles. The first kappa shape index (κ1) is 20.9. The number of hydrogen-bond donors (Lipinski definition) is 0. The predicted molar refractivity (Wildman–Crippen MR) is 121 cm³/mol. The maximum absolute atomic E-state index is 13.4. The van der Waals surface area contributed by atoms with Crippen LogP contribution in [0, 0.1) is 0 Å². The molecule has 4 rings (SSSR count). The Morgan fingerprint density at radius 3 is 2.67 bits per heavy atom. The third kappa shape index (κ3) is 3.62. The van der Waals surface area contributed by atoms with Crippen molar-refractivity contribution in [3.05, 3.63) is 64.0 Å². The molecule has 5 nitrogen and oxygen atoms in total. The van der Waals surface area contributed by atoms with E-state index in [9.17, 15) is 13.2 Å². The number of ether oxygens (including phenoxy) is 1. The summed E-state index contributed by atoms with van der Waals surface area (Å²) in [5, 5.41) is 0.373. The number of carbonyl (C=O) groups is 1. The SMILES string of the molecule is CCOc1ccccc1N(CC)C(=O)c1cc2c(s1)-c1ccc(Cl)cc1S(=O)(=O)C2. The van der Waals surface area contributed by atoms with Gasteiger partial charge in [-0.1, -0.05) is 29.8 Å². The molecule has 0 aliphatic carbocycles. The van der Waals surface area contributed by atoms with Gasteiger partial charge in [0, 0.05) is 22.0 Å². The van der Waals surface area contributed by atoms with Crippen LogP contribution in [0.1, 0.15) is 29.1 Å². The van der Waals surface area contributed by atoms with Crippen molar-refractivity contribution in [3.8, 4) is 16.2 Å². The summed E-state index contributed by atoms with van der Waals surface area (Å²) in [6.07, 6.45) is 0. The van der Waals surface area contributed by atoms with Gasteiger partial charge in [-0.2, -0.15) is 0 Å². The quantitative estimate of drug-likeness (QED) is 0.508. The fourth-order valence-electron chi connectivity index (χ4n) is 3.61. The Kier molecular flexibility index (Phi) is 5.61. The van der Waals surface area contributed by atoms with Crippen molar-refractivity contribution < 1.29 is 17.9 Å². The van der Waals surface area contributed by atoms with Gasteiger partial charge in [0.1, 0.15) is 5.75 Å². The van der Waals surface area contributed by atoms with E-state index in [0.717, 1.165) is 4.88 Å². The number of para-hydroxylation sites is 2. The Morgan fingerprint density at radius 1 is 1.17 bits per heavy atom. The van der Waals surface area contributed by atoms with Gasteiger partial charge in [0.15, 0.2) is 9.84 Å². The van der Waals surface area contributed by atoms with Crippen LogP contribution >= 0.6 is 22.9 Å². The van der Waals surface area contributed by atoms with E-state index in [-0.39, 0.29) is 16.6 Å². The average molecular weight is 462 g/mol. The standard InChI is InChI=1S/C22H20ClNO4S2/c1-3-24(17-7-5-6-8-18(17)28-4-2)22(25)19-11-14-13-30(26,27)20-12-15(23)9-10-16(20)21(14)29-19/h5-12H,3-4,13H2,1-2H3. The third-order valence-corrected chi connectivity index (χ3v) is 8.04. The van der Waals surface area contributed by atoms with E-state index >= 15 is 0 Å². The zero-order valence-corrected chi connectivity index (χ0v) is 18.9. The molecule has 2 aromatic carbocycles. The second-order valence-electron chi connectivity index (χ2n) is 6.81. The predicted octanol–water partition coefficient (Wildman–Crippen LogP) is 5.42. The summed E-state index contributed by atoms with van der Waals surface area (Å²) in [6.45, 7) is 4.74. The maximum Gasteiger partial charge on any atom is 0.268 e. The Bertz CT molecular complexity index is 1230. The summed E-state index contributed by atoms with van der Waals surface area (Å²) in [4.78, 5) is 16.6. The molecule has 0 N–H and O–H groups in total. The minimum Gasteiger partial charge on any atom is -0.492 e. The molecule has 0 spiro atoms. The van der Waals surface area contributed by atoms with E-state index in [1.807, 2.05) is 38.1 Å². The van der Waals surface area contributed by atoms with E-state index in [4.69, 9.17) is 16.3 Å². The molecular formula is C22H20ClNO4S2. The first-order valence-electron chi connectivity index (χ1n) is 9.54. The summed E-state index contributed by atoms with van der Waals surface area (Å²) in [6, 6.07) is 14.0. The average Bonchev–Trinajstić information content (AvgIpc) is 3.13.